The van der Waals surface area contributed by atoms with Crippen molar-refractivity contribution in [3.63, 3.8) is 0 Å². The molecule has 0 amide bonds. The lowest BCUT2D eigenvalue weighted by Crippen LogP contribution is -2.44. The molecule has 0 aliphatic carbocycles. The molecule has 0 unspecified atom stereocenters. The van der Waals surface area contributed by atoms with Gasteiger partial charge in [-0.2, -0.15) is 0 Å². The fourth-order valence-electron chi connectivity index (χ4n) is 2.73. The second kappa shape index (κ2) is 7.50. The molecule has 0 aromatic heterocycles. The third-order valence-electron chi connectivity index (χ3n) is 3.92. The number of rotatable bonds is 6. The van der Waals surface area contributed by atoms with Crippen molar-refractivity contribution in [1.29, 1.82) is 0 Å². The Morgan fingerprint density at radius 3 is 3.00 bits per heavy atom. The Balaban J connectivity index is 1.74. The molecule has 0 radical (unpaired) electrons. The molecule has 2 rings (SSSR count). The smallest absolute Gasteiger partial charge is 0.159 e. The number of aliphatic hydroxyl groups excluding tert-OH is 1. The Kier molecular flexibility index (Phi) is 5.98. The number of hydrogen-bond donors (Lipinski definition) is 2. The molecule has 2 saturated heterocycles. The fraction of sp³-hybridized carbons (Fsp3) is 0.929. The highest BCUT2D eigenvalue weighted by atomic mass is 32.2. The van der Waals surface area contributed by atoms with Crippen LogP contribution >= 0.6 is 11.8 Å². The predicted molar refractivity (Wildman–Crippen MR) is 80.5 cm³/mol. The number of unbranched alkanes of at least 4 members (excludes halogenated alkanes) is 3. The summed E-state index contributed by atoms with van der Waals surface area (Å²) in [6.45, 7) is 2.21. The van der Waals surface area contributed by atoms with Crippen molar-refractivity contribution in [3.05, 3.63) is 0 Å². The van der Waals surface area contributed by atoms with E-state index < -0.39 is 0 Å². The van der Waals surface area contributed by atoms with E-state index in [0.29, 0.717) is 6.04 Å². The van der Waals surface area contributed by atoms with Gasteiger partial charge < -0.3 is 15.2 Å². The van der Waals surface area contributed by atoms with Crippen LogP contribution in [0.2, 0.25) is 0 Å². The molecule has 0 aromatic carbocycles. The second-order valence-corrected chi connectivity index (χ2v) is 6.52. The maximum absolute atomic E-state index is 10.2. The van der Waals surface area contributed by atoms with E-state index in [9.17, 15) is 5.11 Å². The van der Waals surface area contributed by atoms with Crippen LogP contribution in [0.15, 0.2) is 4.99 Å². The molecule has 4 atom stereocenters. The summed E-state index contributed by atoms with van der Waals surface area (Å²) in [4.78, 5) is 4.18. The average Bonchev–Trinajstić information content (AvgIpc) is 2.85. The van der Waals surface area contributed by atoms with E-state index in [1.807, 2.05) is 0 Å². The highest BCUT2D eigenvalue weighted by Gasteiger charge is 2.40. The van der Waals surface area contributed by atoms with Crippen LogP contribution in [0.1, 0.15) is 51.9 Å². The molecule has 2 heterocycles. The van der Waals surface area contributed by atoms with Gasteiger partial charge in [0.2, 0.25) is 0 Å². The first-order chi connectivity index (χ1) is 9.24. The number of hydrogen-bond acceptors (Lipinski definition) is 4. The number of fused-ring (bicyclic) bond motifs is 1. The largest absolute Gasteiger partial charge is 0.390 e. The van der Waals surface area contributed by atoms with Crippen molar-refractivity contribution in [2.75, 3.05) is 7.05 Å². The van der Waals surface area contributed by atoms with Crippen molar-refractivity contribution in [1.82, 2.24) is 5.32 Å². The van der Waals surface area contributed by atoms with Gasteiger partial charge in [-0.15, -0.1) is 0 Å². The van der Waals surface area contributed by atoms with Crippen molar-refractivity contribution in [2.45, 2.75) is 75.6 Å². The molecular formula is C14H26N2O2S. The summed E-state index contributed by atoms with van der Waals surface area (Å²) in [5.41, 5.74) is 0.128. The van der Waals surface area contributed by atoms with Gasteiger partial charge >= 0.3 is 0 Å². The zero-order chi connectivity index (χ0) is 13.7. The molecule has 2 aliphatic heterocycles. The van der Waals surface area contributed by atoms with Crippen LogP contribution in [0.25, 0.3) is 0 Å². The molecule has 5 heteroatoms. The predicted octanol–water partition coefficient (Wildman–Crippen LogP) is 2.51. The first-order valence-corrected chi connectivity index (χ1v) is 8.36. The maximum Gasteiger partial charge on any atom is 0.159 e. The second-order valence-electron chi connectivity index (χ2n) is 5.43. The number of ether oxygens (including phenoxy) is 1. The van der Waals surface area contributed by atoms with E-state index in [0.717, 1.165) is 30.9 Å². The highest BCUT2D eigenvalue weighted by Crippen LogP contribution is 2.34. The fourth-order valence-corrected chi connectivity index (χ4v) is 3.85. The molecule has 19 heavy (non-hydrogen) atoms. The van der Waals surface area contributed by atoms with E-state index in [2.05, 4.69) is 17.2 Å². The Bertz CT molecular complexity index is 312. The van der Waals surface area contributed by atoms with Gasteiger partial charge in [-0.05, 0) is 19.3 Å². The minimum Gasteiger partial charge on any atom is -0.390 e. The van der Waals surface area contributed by atoms with Crippen LogP contribution in [0.4, 0.5) is 0 Å². The molecular weight excluding hydrogens is 260 g/mol. The number of nitrogens with one attached hydrogen (secondary N) is 1. The summed E-state index contributed by atoms with van der Waals surface area (Å²) in [6, 6.07) is 0.368. The van der Waals surface area contributed by atoms with E-state index in [-0.39, 0.29) is 17.6 Å². The van der Waals surface area contributed by atoms with Crippen LogP contribution in [-0.4, -0.2) is 41.0 Å². The van der Waals surface area contributed by atoms with Crippen LogP contribution in [0, 0.1) is 0 Å². The van der Waals surface area contributed by atoms with Crippen LogP contribution in [-0.2, 0) is 4.74 Å². The Labute approximate surface area is 120 Å². The van der Waals surface area contributed by atoms with Crippen molar-refractivity contribution < 1.29 is 9.84 Å². The standard InChI is InChI=1S/C14H26N2O2S/c1-3-4-5-6-7-11(17)12-9-8-10-13(18-12)19-14(15-2)16-10/h10-13,17H,3-9H2,1-2H3,(H,15,16)/t10-,11+,12-,13-/m1/s1. The first-order valence-electron chi connectivity index (χ1n) is 7.48. The quantitative estimate of drug-likeness (QED) is 0.737. The van der Waals surface area contributed by atoms with E-state index in [4.69, 9.17) is 4.74 Å². The summed E-state index contributed by atoms with van der Waals surface area (Å²) < 4.78 is 6.03. The lowest BCUT2D eigenvalue weighted by molar-refractivity contribution is -0.0840. The first kappa shape index (κ1) is 15.1. The van der Waals surface area contributed by atoms with Crippen LogP contribution in [0.3, 0.4) is 0 Å². The minimum absolute atomic E-state index is 0.00776. The maximum atomic E-state index is 10.2. The molecule has 0 bridgehead atoms. The van der Waals surface area contributed by atoms with E-state index >= 15 is 0 Å². The van der Waals surface area contributed by atoms with Crippen molar-refractivity contribution >= 4 is 16.9 Å². The zero-order valence-corrected chi connectivity index (χ0v) is 12.8. The molecule has 0 spiro atoms. The van der Waals surface area contributed by atoms with Gasteiger partial charge in [0.25, 0.3) is 0 Å². The Morgan fingerprint density at radius 1 is 1.42 bits per heavy atom. The monoisotopic (exact) mass is 286 g/mol. The van der Waals surface area contributed by atoms with Gasteiger partial charge in [-0.1, -0.05) is 44.4 Å². The number of thioether (sulfide) groups is 1. The van der Waals surface area contributed by atoms with Gasteiger partial charge in [0.1, 0.15) is 5.44 Å². The lowest BCUT2D eigenvalue weighted by Gasteiger charge is -2.33. The summed E-state index contributed by atoms with van der Waals surface area (Å²) in [6.07, 6.45) is 7.41. The average molecular weight is 286 g/mol. The topological polar surface area (TPSA) is 53.8 Å². The van der Waals surface area contributed by atoms with Crippen molar-refractivity contribution in [3.8, 4) is 0 Å². The molecule has 4 nitrogen and oxygen atoms in total. The highest BCUT2D eigenvalue weighted by molar-refractivity contribution is 8.14. The van der Waals surface area contributed by atoms with Crippen molar-refractivity contribution in [2.24, 2.45) is 4.99 Å². The normalized spacial score (nSPS) is 34.1. The number of amidine groups is 1. The SMILES string of the molecule is CCCCCC[C@H](O)[C@H]1CC[C@H]2NC(=NC)S[C@H]2O1. The molecule has 2 N–H and O–H groups in total. The van der Waals surface area contributed by atoms with Gasteiger partial charge in [-0.3, -0.25) is 4.99 Å². The third kappa shape index (κ3) is 4.10. The third-order valence-corrected chi connectivity index (χ3v) is 5.12. The summed E-state index contributed by atoms with van der Waals surface area (Å²) in [7, 11) is 1.80. The van der Waals surface area contributed by atoms with Gasteiger partial charge in [0, 0.05) is 7.05 Å². The van der Waals surface area contributed by atoms with Crippen LogP contribution < -0.4 is 5.32 Å². The van der Waals surface area contributed by atoms with E-state index in [1.54, 1.807) is 18.8 Å². The lowest BCUT2D eigenvalue weighted by atomic mass is 9.97. The van der Waals surface area contributed by atoms with E-state index in [1.165, 1.54) is 19.3 Å². The van der Waals surface area contributed by atoms with Gasteiger partial charge in [-0.25, -0.2) is 0 Å². The Hall–Kier alpha value is -0.260. The summed E-state index contributed by atoms with van der Waals surface area (Å²) >= 11 is 1.65. The summed E-state index contributed by atoms with van der Waals surface area (Å²) in [5, 5.41) is 14.6. The molecule has 0 aromatic rings. The molecule has 2 aliphatic rings. The van der Waals surface area contributed by atoms with Crippen LogP contribution in [0.5, 0.6) is 0 Å². The molecule has 0 saturated carbocycles. The number of aliphatic hydroxyl groups is 1. The van der Waals surface area contributed by atoms with Gasteiger partial charge in [0.15, 0.2) is 5.17 Å². The molecule has 110 valence electrons. The number of nitrogens with zero attached hydrogens (tertiary/aromatic N) is 1. The Morgan fingerprint density at radius 2 is 2.26 bits per heavy atom. The minimum atomic E-state index is -0.305. The van der Waals surface area contributed by atoms with Gasteiger partial charge in [0.05, 0.1) is 18.2 Å². The zero-order valence-electron chi connectivity index (χ0n) is 12.0. The molecule has 2 fully saturated rings. The number of aliphatic imine (C=N–C) groups is 1. The summed E-state index contributed by atoms with van der Waals surface area (Å²) in [5.74, 6) is 0.